The average Bonchev–Trinajstić information content (AvgIpc) is 2.26. The van der Waals surface area contributed by atoms with Crippen LogP contribution in [0.1, 0.15) is 25.8 Å². The molecule has 1 aromatic carbocycles. The highest BCUT2D eigenvalue weighted by molar-refractivity contribution is 5.46. The fourth-order valence-electron chi connectivity index (χ4n) is 1.68. The number of alkyl halides is 1. The van der Waals surface area contributed by atoms with Gasteiger partial charge < -0.3 is 5.73 Å². The van der Waals surface area contributed by atoms with Crippen molar-refractivity contribution in [1.29, 1.82) is 0 Å². The summed E-state index contributed by atoms with van der Waals surface area (Å²) in [6, 6.07) is 8.26. The first-order chi connectivity index (χ1) is 7.65. The zero-order valence-corrected chi connectivity index (χ0v) is 10.1. The molecule has 3 heteroatoms. The monoisotopic (exact) mass is 224 g/mol. The van der Waals surface area contributed by atoms with Crippen LogP contribution in [-0.2, 0) is 6.54 Å². The van der Waals surface area contributed by atoms with Gasteiger partial charge in [0, 0.05) is 24.8 Å². The Morgan fingerprint density at radius 3 is 2.56 bits per heavy atom. The van der Waals surface area contributed by atoms with E-state index in [1.165, 1.54) is 0 Å². The largest absolute Gasteiger partial charge is 0.398 e. The third-order valence-corrected chi connectivity index (χ3v) is 2.74. The van der Waals surface area contributed by atoms with Crippen LogP contribution in [0.4, 0.5) is 10.1 Å². The lowest BCUT2D eigenvalue weighted by Crippen LogP contribution is -2.31. The first kappa shape index (κ1) is 13.0. The van der Waals surface area contributed by atoms with Gasteiger partial charge in [-0.1, -0.05) is 18.2 Å². The van der Waals surface area contributed by atoms with Crippen LogP contribution in [0.3, 0.4) is 0 Å². The lowest BCUT2D eigenvalue weighted by Gasteiger charge is -2.26. The standard InChI is InChI=1S/C13H21FN2/c1-11(2)16(9-5-8-14)10-12-6-3-4-7-13(12)15/h3-4,6-7,11H,5,8-10,15H2,1-2H3. The Labute approximate surface area is 97.3 Å². The number of nitrogen functional groups attached to an aromatic ring is 1. The number of rotatable bonds is 6. The van der Waals surface area contributed by atoms with E-state index in [1.807, 2.05) is 24.3 Å². The van der Waals surface area contributed by atoms with E-state index in [2.05, 4.69) is 18.7 Å². The summed E-state index contributed by atoms with van der Waals surface area (Å²) in [4.78, 5) is 2.24. The van der Waals surface area contributed by atoms with Gasteiger partial charge >= 0.3 is 0 Å². The summed E-state index contributed by atoms with van der Waals surface area (Å²) in [6.07, 6.45) is 0.588. The molecule has 0 heterocycles. The van der Waals surface area contributed by atoms with E-state index in [9.17, 15) is 4.39 Å². The van der Waals surface area contributed by atoms with Crippen molar-refractivity contribution in [3.63, 3.8) is 0 Å². The smallest absolute Gasteiger partial charge is 0.0906 e. The van der Waals surface area contributed by atoms with Crippen LogP contribution in [0.25, 0.3) is 0 Å². The van der Waals surface area contributed by atoms with Crippen LogP contribution in [0.15, 0.2) is 24.3 Å². The van der Waals surface area contributed by atoms with Crippen molar-refractivity contribution < 1.29 is 4.39 Å². The third kappa shape index (κ3) is 3.81. The lowest BCUT2D eigenvalue weighted by atomic mass is 10.1. The van der Waals surface area contributed by atoms with Crippen LogP contribution in [0.5, 0.6) is 0 Å². The van der Waals surface area contributed by atoms with Gasteiger partial charge in [0.2, 0.25) is 0 Å². The molecule has 1 aromatic rings. The maximum Gasteiger partial charge on any atom is 0.0906 e. The molecule has 0 saturated heterocycles. The second-order valence-corrected chi connectivity index (χ2v) is 4.31. The van der Waals surface area contributed by atoms with Gasteiger partial charge in [0.15, 0.2) is 0 Å². The highest BCUT2D eigenvalue weighted by Gasteiger charge is 2.10. The number of anilines is 1. The fraction of sp³-hybridized carbons (Fsp3) is 0.538. The fourth-order valence-corrected chi connectivity index (χ4v) is 1.68. The van der Waals surface area contributed by atoms with Gasteiger partial charge in [-0.3, -0.25) is 9.29 Å². The molecule has 1 rings (SSSR count). The molecule has 0 aliphatic carbocycles. The minimum Gasteiger partial charge on any atom is -0.398 e. The van der Waals surface area contributed by atoms with Gasteiger partial charge in [0.25, 0.3) is 0 Å². The van der Waals surface area contributed by atoms with Crippen LogP contribution in [0.2, 0.25) is 0 Å². The summed E-state index contributed by atoms with van der Waals surface area (Å²) in [5.74, 6) is 0. The van der Waals surface area contributed by atoms with Gasteiger partial charge in [-0.2, -0.15) is 0 Å². The van der Waals surface area contributed by atoms with Crippen molar-refractivity contribution in [1.82, 2.24) is 4.90 Å². The maximum absolute atomic E-state index is 12.2. The van der Waals surface area contributed by atoms with E-state index in [1.54, 1.807) is 0 Å². The number of para-hydroxylation sites is 1. The molecule has 2 nitrogen and oxygen atoms in total. The minimum absolute atomic E-state index is 0.256. The summed E-state index contributed by atoms with van der Waals surface area (Å²) >= 11 is 0. The van der Waals surface area contributed by atoms with E-state index in [0.29, 0.717) is 12.5 Å². The van der Waals surface area contributed by atoms with Crippen molar-refractivity contribution in [3.8, 4) is 0 Å². The van der Waals surface area contributed by atoms with E-state index in [-0.39, 0.29) is 6.67 Å². The van der Waals surface area contributed by atoms with Crippen LogP contribution in [-0.4, -0.2) is 24.2 Å². The molecule has 0 saturated carbocycles. The molecule has 0 spiro atoms. The molecule has 0 radical (unpaired) electrons. The topological polar surface area (TPSA) is 29.3 Å². The Morgan fingerprint density at radius 2 is 2.00 bits per heavy atom. The molecular formula is C13H21FN2. The van der Waals surface area contributed by atoms with Crippen LogP contribution >= 0.6 is 0 Å². The number of benzene rings is 1. The van der Waals surface area contributed by atoms with Crippen LogP contribution < -0.4 is 5.73 Å². The molecule has 0 fully saturated rings. The third-order valence-electron chi connectivity index (χ3n) is 2.74. The van der Waals surface area contributed by atoms with Crippen molar-refractivity contribution in [2.75, 3.05) is 19.0 Å². The van der Waals surface area contributed by atoms with Gasteiger partial charge in [0.05, 0.1) is 6.67 Å². The number of hydrogen-bond donors (Lipinski definition) is 1. The molecule has 0 aromatic heterocycles. The normalized spacial score (nSPS) is 11.3. The van der Waals surface area contributed by atoms with Crippen LogP contribution in [0, 0.1) is 0 Å². The summed E-state index contributed by atoms with van der Waals surface area (Å²) < 4.78 is 12.2. The molecular weight excluding hydrogens is 203 g/mol. The van der Waals surface area contributed by atoms with E-state index in [4.69, 9.17) is 5.73 Å². The minimum atomic E-state index is -0.256. The second-order valence-electron chi connectivity index (χ2n) is 4.31. The number of hydrogen-bond acceptors (Lipinski definition) is 2. The zero-order chi connectivity index (χ0) is 12.0. The zero-order valence-electron chi connectivity index (χ0n) is 10.1. The molecule has 0 unspecified atom stereocenters. The highest BCUT2D eigenvalue weighted by atomic mass is 19.1. The number of halogens is 1. The highest BCUT2D eigenvalue weighted by Crippen LogP contribution is 2.15. The van der Waals surface area contributed by atoms with E-state index in [0.717, 1.165) is 24.3 Å². The van der Waals surface area contributed by atoms with E-state index < -0.39 is 0 Å². The molecule has 16 heavy (non-hydrogen) atoms. The first-order valence-electron chi connectivity index (χ1n) is 5.78. The Kier molecular flexibility index (Phi) is 5.26. The van der Waals surface area contributed by atoms with Crippen molar-refractivity contribution in [2.45, 2.75) is 32.9 Å². The van der Waals surface area contributed by atoms with Crippen molar-refractivity contribution in [3.05, 3.63) is 29.8 Å². The molecule has 0 aliphatic rings. The Hall–Kier alpha value is -1.09. The molecule has 0 aliphatic heterocycles. The average molecular weight is 224 g/mol. The molecule has 0 amide bonds. The van der Waals surface area contributed by atoms with Gasteiger partial charge in [-0.05, 0) is 31.9 Å². The molecule has 0 bridgehead atoms. The molecule has 0 atom stereocenters. The predicted octanol–water partition coefficient (Wildman–Crippen LogP) is 2.84. The Morgan fingerprint density at radius 1 is 1.31 bits per heavy atom. The van der Waals surface area contributed by atoms with Crippen molar-refractivity contribution >= 4 is 5.69 Å². The van der Waals surface area contributed by atoms with Crippen molar-refractivity contribution in [2.24, 2.45) is 0 Å². The molecule has 2 N–H and O–H groups in total. The Bertz CT molecular complexity index is 313. The summed E-state index contributed by atoms with van der Waals surface area (Å²) in [6.45, 7) is 5.56. The lowest BCUT2D eigenvalue weighted by molar-refractivity contribution is 0.203. The molecule has 90 valence electrons. The SMILES string of the molecule is CC(C)N(CCCF)Cc1ccccc1N. The summed E-state index contributed by atoms with van der Waals surface area (Å²) in [7, 11) is 0. The first-order valence-corrected chi connectivity index (χ1v) is 5.78. The Balaban J connectivity index is 2.64. The number of nitrogens with zero attached hydrogens (tertiary/aromatic N) is 1. The van der Waals surface area contributed by atoms with Gasteiger partial charge in [0.1, 0.15) is 0 Å². The summed E-state index contributed by atoms with van der Waals surface area (Å²) in [5, 5.41) is 0. The van der Waals surface area contributed by atoms with E-state index >= 15 is 0 Å². The maximum atomic E-state index is 12.2. The van der Waals surface area contributed by atoms with Gasteiger partial charge in [-0.25, -0.2) is 0 Å². The summed E-state index contributed by atoms with van der Waals surface area (Å²) in [5.41, 5.74) is 7.83. The second kappa shape index (κ2) is 6.48. The van der Waals surface area contributed by atoms with Gasteiger partial charge in [-0.15, -0.1) is 0 Å². The quantitative estimate of drug-likeness (QED) is 0.753. The number of nitrogens with two attached hydrogens (primary N) is 1. The predicted molar refractivity (Wildman–Crippen MR) is 67.0 cm³/mol.